The van der Waals surface area contributed by atoms with Gasteiger partial charge in [-0.25, -0.2) is 9.18 Å². The van der Waals surface area contributed by atoms with Crippen molar-refractivity contribution >= 4 is 5.97 Å². The topological polar surface area (TPSA) is 49.8 Å². The number of benzene rings is 2. The molecular formula is C25H30FNO3. The molecule has 4 rings (SSSR count). The molecule has 5 heteroatoms. The molecular weight excluding hydrogens is 381 g/mol. The average molecular weight is 412 g/mol. The lowest BCUT2D eigenvalue weighted by atomic mass is 9.83. The summed E-state index contributed by atoms with van der Waals surface area (Å²) in [4.78, 5) is 15.6. The fourth-order valence-electron chi connectivity index (χ4n) is 5.04. The first-order chi connectivity index (χ1) is 14.4. The number of rotatable bonds is 6. The van der Waals surface area contributed by atoms with Gasteiger partial charge in [0.05, 0.1) is 0 Å². The molecule has 1 aliphatic carbocycles. The molecule has 2 aromatic carbocycles. The maximum atomic E-state index is 13.4. The Labute approximate surface area is 177 Å². The van der Waals surface area contributed by atoms with Crippen LogP contribution in [0.15, 0.2) is 54.6 Å². The lowest BCUT2D eigenvalue weighted by molar-refractivity contribution is -0.184. The first-order valence-electron chi connectivity index (χ1n) is 10.8. The number of nitrogens with zero attached hydrogens (tertiary/aromatic N) is 1. The number of esters is 1. The molecule has 2 aliphatic rings. The third kappa shape index (κ3) is 4.01. The van der Waals surface area contributed by atoms with E-state index >= 15 is 0 Å². The Hall–Kier alpha value is -2.24. The van der Waals surface area contributed by atoms with Crippen molar-refractivity contribution < 1.29 is 19.0 Å². The molecule has 4 nitrogen and oxygen atoms in total. The number of fused-ring (bicyclic) bond motifs is 2. The summed E-state index contributed by atoms with van der Waals surface area (Å²) in [6.07, 6.45) is 1.89. The lowest BCUT2D eigenvalue weighted by Gasteiger charge is -2.39. The standard InChI is InChI=1S/C25H30FNO3/c1-17(2)25(29,21-10-12-22(26)13-11-21)24(28)30-23-19-8-9-20(23)16-27(15-19)14-18-6-4-3-5-7-18/h3-7,10-13,17,19-20,23,29H,8-9,14-16H2,1-2H3. The van der Waals surface area contributed by atoms with E-state index in [1.807, 2.05) is 6.07 Å². The maximum absolute atomic E-state index is 13.4. The minimum absolute atomic E-state index is 0.171. The molecule has 1 saturated heterocycles. The molecule has 2 fully saturated rings. The van der Waals surface area contributed by atoms with Gasteiger partial charge in [-0.15, -0.1) is 0 Å². The highest BCUT2D eigenvalue weighted by Crippen LogP contribution is 2.41. The zero-order valence-corrected chi connectivity index (χ0v) is 17.6. The highest BCUT2D eigenvalue weighted by atomic mass is 19.1. The Morgan fingerprint density at radius 2 is 1.70 bits per heavy atom. The van der Waals surface area contributed by atoms with Gasteiger partial charge in [0.2, 0.25) is 0 Å². The van der Waals surface area contributed by atoms with E-state index < -0.39 is 23.3 Å². The van der Waals surface area contributed by atoms with Crippen molar-refractivity contribution in [3.8, 4) is 0 Å². The van der Waals surface area contributed by atoms with Crippen LogP contribution in [0.2, 0.25) is 0 Å². The number of hydrogen-bond donors (Lipinski definition) is 1. The zero-order chi connectivity index (χ0) is 21.3. The predicted molar refractivity (Wildman–Crippen MR) is 113 cm³/mol. The summed E-state index contributed by atoms with van der Waals surface area (Å²) < 4.78 is 19.3. The van der Waals surface area contributed by atoms with Gasteiger partial charge >= 0.3 is 5.97 Å². The van der Waals surface area contributed by atoms with Gasteiger partial charge in [0.25, 0.3) is 0 Å². The van der Waals surface area contributed by atoms with Crippen molar-refractivity contribution in [3.05, 3.63) is 71.5 Å². The number of aliphatic hydroxyl groups is 1. The van der Waals surface area contributed by atoms with E-state index in [4.69, 9.17) is 4.74 Å². The number of ether oxygens (including phenoxy) is 1. The summed E-state index contributed by atoms with van der Waals surface area (Å²) in [5.74, 6) is -0.863. The first-order valence-corrected chi connectivity index (χ1v) is 10.8. The van der Waals surface area contributed by atoms with Crippen molar-refractivity contribution in [3.63, 3.8) is 0 Å². The van der Waals surface area contributed by atoms with E-state index in [0.717, 1.165) is 32.5 Å². The molecule has 0 spiro atoms. The second-order valence-corrected chi connectivity index (χ2v) is 9.08. The van der Waals surface area contributed by atoms with Gasteiger partial charge in [-0.3, -0.25) is 4.90 Å². The van der Waals surface area contributed by atoms with E-state index in [9.17, 15) is 14.3 Å². The fourth-order valence-corrected chi connectivity index (χ4v) is 5.04. The molecule has 1 saturated carbocycles. The molecule has 3 unspecified atom stereocenters. The Kier molecular flexibility index (Phi) is 5.94. The van der Waals surface area contributed by atoms with Gasteiger partial charge in [-0.05, 0) is 42.0 Å². The second-order valence-electron chi connectivity index (χ2n) is 9.08. The number of halogens is 1. The summed E-state index contributed by atoms with van der Waals surface area (Å²) in [7, 11) is 0. The Balaban J connectivity index is 1.46. The third-order valence-electron chi connectivity index (χ3n) is 6.75. The molecule has 0 radical (unpaired) electrons. The van der Waals surface area contributed by atoms with Crippen molar-refractivity contribution in [2.45, 2.75) is 44.9 Å². The molecule has 2 aromatic rings. The number of carbonyl (C=O) groups excluding carboxylic acids is 1. The van der Waals surface area contributed by atoms with E-state index in [-0.39, 0.29) is 17.9 Å². The smallest absolute Gasteiger partial charge is 0.343 e. The summed E-state index contributed by atoms with van der Waals surface area (Å²) >= 11 is 0. The van der Waals surface area contributed by atoms with E-state index in [1.165, 1.54) is 29.8 Å². The number of piperidine rings is 1. The molecule has 1 aliphatic heterocycles. The molecule has 160 valence electrons. The van der Waals surface area contributed by atoms with Crippen molar-refractivity contribution in [1.82, 2.24) is 4.90 Å². The minimum Gasteiger partial charge on any atom is -0.459 e. The van der Waals surface area contributed by atoms with Crippen LogP contribution in [0.1, 0.15) is 37.8 Å². The fraction of sp³-hybridized carbons (Fsp3) is 0.480. The Morgan fingerprint density at radius 1 is 1.10 bits per heavy atom. The zero-order valence-electron chi connectivity index (χ0n) is 17.6. The first kappa shape index (κ1) is 21.0. The van der Waals surface area contributed by atoms with Crippen LogP contribution >= 0.6 is 0 Å². The van der Waals surface area contributed by atoms with Crippen LogP contribution in [-0.2, 0) is 21.7 Å². The quantitative estimate of drug-likeness (QED) is 0.727. The number of hydrogen-bond acceptors (Lipinski definition) is 4. The van der Waals surface area contributed by atoms with E-state index in [2.05, 4.69) is 29.2 Å². The number of likely N-dealkylation sites (tertiary alicyclic amines) is 1. The summed E-state index contributed by atoms with van der Waals surface area (Å²) in [5, 5.41) is 11.3. The lowest BCUT2D eigenvalue weighted by Crippen LogP contribution is -2.50. The van der Waals surface area contributed by atoms with Crippen LogP contribution in [0.5, 0.6) is 0 Å². The van der Waals surface area contributed by atoms with Crippen LogP contribution in [-0.4, -0.2) is 35.2 Å². The van der Waals surface area contributed by atoms with Crippen LogP contribution in [0.3, 0.4) is 0 Å². The van der Waals surface area contributed by atoms with Crippen LogP contribution < -0.4 is 0 Å². The Bertz CT molecular complexity index is 856. The molecule has 2 bridgehead atoms. The van der Waals surface area contributed by atoms with Crippen LogP contribution in [0, 0.1) is 23.6 Å². The van der Waals surface area contributed by atoms with Crippen LogP contribution in [0.25, 0.3) is 0 Å². The number of carbonyl (C=O) groups is 1. The van der Waals surface area contributed by atoms with Gasteiger partial charge in [0.15, 0.2) is 5.60 Å². The maximum Gasteiger partial charge on any atom is 0.343 e. The van der Waals surface area contributed by atoms with Gasteiger partial charge in [-0.2, -0.15) is 0 Å². The molecule has 0 aromatic heterocycles. The van der Waals surface area contributed by atoms with Crippen molar-refractivity contribution in [2.75, 3.05) is 13.1 Å². The largest absolute Gasteiger partial charge is 0.459 e. The highest BCUT2D eigenvalue weighted by Gasteiger charge is 2.49. The highest BCUT2D eigenvalue weighted by molar-refractivity contribution is 5.81. The van der Waals surface area contributed by atoms with Gasteiger partial charge in [0, 0.05) is 31.5 Å². The normalized spacial score (nSPS) is 25.8. The van der Waals surface area contributed by atoms with E-state index in [0.29, 0.717) is 5.56 Å². The third-order valence-corrected chi connectivity index (χ3v) is 6.75. The van der Waals surface area contributed by atoms with Crippen molar-refractivity contribution in [1.29, 1.82) is 0 Å². The molecule has 3 atom stereocenters. The van der Waals surface area contributed by atoms with Crippen molar-refractivity contribution in [2.24, 2.45) is 17.8 Å². The van der Waals surface area contributed by atoms with E-state index in [1.54, 1.807) is 13.8 Å². The SMILES string of the molecule is CC(C)C(O)(C(=O)OC1C2CCC1CN(Cc1ccccc1)C2)c1ccc(F)cc1. The van der Waals surface area contributed by atoms with Gasteiger partial charge < -0.3 is 9.84 Å². The second kappa shape index (κ2) is 8.48. The van der Waals surface area contributed by atoms with Gasteiger partial charge in [-0.1, -0.05) is 56.3 Å². The summed E-state index contributed by atoms with van der Waals surface area (Å²) in [5.41, 5.74) is -0.121. The van der Waals surface area contributed by atoms with Gasteiger partial charge in [0.1, 0.15) is 11.9 Å². The molecule has 30 heavy (non-hydrogen) atoms. The Morgan fingerprint density at radius 3 is 2.27 bits per heavy atom. The monoisotopic (exact) mass is 411 g/mol. The minimum atomic E-state index is -1.78. The molecule has 1 heterocycles. The summed E-state index contributed by atoms with van der Waals surface area (Å²) in [6, 6.07) is 15.9. The predicted octanol–water partition coefficient (Wildman–Crippen LogP) is 4.12. The average Bonchev–Trinajstić information content (AvgIpc) is 2.96. The molecule has 1 N–H and O–H groups in total. The van der Waals surface area contributed by atoms with Crippen LogP contribution in [0.4, 0.5) is 4.39 Å². The summed E-state index contributed by atoms with van der Waals surface area (Å²) in [6.45, 7) is 6.24. The molecule has 0 amide bonds.